The van der Waals surface area contributed by atoms with Crippen molar-refractivity contribution >= 4 is 23.4 Å². The van der Waals surface area contributed by atoms with Crippen molar-refractivity contribution in [2.45, 2.75) is 51.7 Å². The van der Waals surface area contributed by atoms with E-state index in [1.807, 2.05) is 18.2 Å². The van der Waals surface area contributed by atoms with Crippen LogP contribution in [0.15, 0.2) is 29.4 Å². The van der Waals surface area contributed by atoms with E-state index >= 15 is 0 Å². The second-order valence-corrected chi connectivity index (χ2v) is 6.52. The molecule has 1 heterocycles. The summed E-state index contributed by atoms with van der Waals surface area (Å²) in [6.45, 7) is 9.17. The topological polar surface area (TPSA) is 59.8 Å². The Balaban J connectivity index is 2.00. The number of amides is 1. The zero-order chi connectivity index (χ0) is 16.8. The van der Waals surface area contributed by atoms with E-state index in [1.54, 1.807) is 0 Å². The van der Waals surface area contributed by atoms with Crippen molar-refractivity contribution in [3.8, 4) is 0 Å². The number of nitrogens with one attached hydrogen (secondary N) is 1. The van der Waals surface area contributed by atoms with Gasteiger partial charge >= 0.3 is 0 Å². The van der Waals surface area contributed by atoms with Crippen molar-refractivity contribution in [1.29, 1.82) is 0 Å². The molecule has 0 bridgehead atoms. The fraction of sp³-hybridized carbons (Fsp3) is 0.471. The van der Waals surface area contributed by atoms with Crippen LogP contribution in [0.4, 0.5) is 5.69 Å². The molecule has 1 aromatic carbocycles. The maximum absolute atomic E-state index is 12.2. The lowest BCUT2D eigenvalue weighted by atomic mass is 10.0. The lowest BCUT2D eigenvalue weighted by Crippen LogP contribution is -2.16. The number of anilines is 1. The minimum absolute atomic E-state index is 0.0215. The first-order chi connectivity index (χ1) is 11.1. The minimum Gasteiger partial charge on any atom is -0.325 e. The summed E-state index contributed by atoms with van der Waals surface area (Å²) >= 11 is 1.43. The van der Waals surface area contributed by atoms with Gasteiger partial charge in [-0.15, -0.1) is 10.2 Å². The van der Waals surface area contributed by atoms with Crippen molar-refractivity contribution in [3.63, 3.8) is 0 Å². The van der Waals surface area contributed by atoms with E-state index in [0.29, 0.717) is 11.7 Å². The number of carbonyl (C=O) groups is 1. The van der Waals surface area contributed by atoms with E-state index in [4.69, 9.17) is 0 Å². The summed E-state index contributed by atoms with van der Waals surface area (Å²) in [7, 11) is 0. The summed E-state index contributed by atoms with van der Waals surface area (Å²) in [5.41, 5.74) is 2.04. The molecule has 6 heteroatoms. The van der Waals surface area contributed by atoms with Gasteiger partial charge in [0, 0.05) is 18.7 Å². The number of benzene rings is 1. The number of rotatable bonds is 7. The van der Waals surface area contributed by atoms with Gasteiger partial charge in [-0.05, 0) is 24.5 Å². The fourth-order valence-electron chi connectivity index (χ4n) is 2.44. The van der Waals surface area contributed by atoms with Gasteiger partial charge in [0.05, 0.1) is 5.75 Å². The molecule has 0 aliphatic carbocycles. The molecule has 0 fully saturated rings. The smallest absolute Gasteiger partial charge is 0.234 e. The Morgan fingerprint density at radius 2 is 2.00 bits per heavy atom. The van der Waals surface area contributed by atoms with Gasteiger partial charge in [-0.25, -0.2) is 0 Å². The molecule has 5 nitrogen and oxygen atoms in total. The van der Waals surface area contributed by atoms with Crippen molar-refractivity contribution in [3.05, 3.63) is 35.7 Å². The Bertz CT molecular complexity index is 666. The molecule has 1 aromatic heterocycles. The number of thioether (sulfide) groups is 1. The van der Waals surface area contributed by atoms with Gasteiger partial charge in [0.15, 0.2) is 5.16 Å². The molecule has 0 spiro atoms. The third kappa shape index (κ3) is 4.34. The normalized spacial score (nSPS) is 11.0. The second kappa shape index (κ2) is 8.15. The number of aromatic nitrogens is 3. The maximum atomic E-state index is 12.2. The molecule has 23 heavy (non-hydrogen) atoms. The Hall–Kier alpha value is -1.82. The molecule has 1 amide bonds. The Kier molecular flexibility index (Phi) is 6.21. The predicted octanol–water partition coefficient (Wildman–Crippen LogP) is 3.71. The molecule has 0 aliphatic rings. The van der Waals surface area contributed by atoms with Crippen LogP contribution in [0.5, 0.6) is 0 Å². The molecular weight excluding hydrogens is 308 g/mol. The van der Waals surface area contributed by atoms with Gasteiger partial charge in [0.2, 0.25) is 5.91 Å². The average Bonchev–Trinajstić information content (AvgIpc) is 2.95. The van der Waals surface area contributed by atoms with Crippen molar-refractivity contribution in [2.75, 3.05) is 11.1 Å². The van der Waals surface area contributed by atoms with E-state index in [9.17, 15) is 4.79 Å². The summed E-state index contributed by atoms with van der Waals surface area (Å²) in [6, 6.07) is 7.93. The largest absolute Gasteiger partial charge is 0.325 e. The second-order valence-electron chi connectivity index (χ2n) is 5.58. The molecule has 0 saturated heterocycles. The molecule has 0 unspecified atom stereocenters. The molecule has 1 N–H and O–H groups in total. The highest BCUT2D eigenvalue weighted by molar-refractivity contribution is 7.99. The van der Waals surface area contributed by atoms with Gasteiger partial charge in [-0.2, -0.15) is 0 Å². The predicted molar refractivity (Wildman–Crippen MR) is 95.0 cm³/mol. The standard InChI is InChI=1S/C17H24N4OS/c1-5-15-19-20-17(21(15)6-2)23-11-16(22)18-14-10-8-7-9-13(14)12(3)4/h7-10,12H,5-6,11H2,1-4H3,(H,18,22). The van der Waals surface area contributed by atoms with Crippen LogP contribution in [-0.4, -0.2) is 26.4 Å². The van der Waals surface area contributed by atoms with Crippen LogP contribution in [0.2, 0.25) is 0 Å². The Labute approximate surface area is 141 Å². The third-order valence-electron chi connectivity index (χ3n) is 3.62. The van der Waals surface area contributed by atoms with E-state index < -0.39 is 0 Å². The SMILES string of the molecule is CCc1nnc(SCC(=O)Nc2ccccc2C(C)C)n1CC. The molecule has 2 aromatic rings. The van der Waals surface area contributed by atoms with Crippen molar-refractivity contribution in [2.24, 2.45) is 0 Å². The average molecular weight is 332 g/mol. The number of carbonyl (C=O) groups excluding carboxylic acids is 1. The maximum Gasteiger partial charge on any atom is 0.234 e. The molecule has 124 valence electrons. The Morgan fingerprint density at radius 1 is 1.26 bits per heavy atom. The zero-order valence-electron chi connectivity index (χ0n) is 14.2. The van der Waals surface area contributed by atoms with Crippen molar-refractivity contribution in [1.82, 2.24) is 14.8 Å². The highest BCUT2D eigenvalue weighted by Gasteiger charge is 2.13. The quantitative estimate of drug-likeness (QED) is 0.785. The lowest BCUT2D eigenvalue weighted by Gasteiger charge is -2.13. The van der Waals surface area contributed by atoms with Gasteiger partial charge < -0.3 is 9.88 Å². The number of para-hydroxylation sites is 1. The van der Waals surface area contributed by atoms with E-state index in [1.165, 1.54) is 11.8 Å². The van der Waals surface area contributed by atoms with Gasteiger partial charge in [0.25, 0.3) is 0 Å². The minimum atomic E-state index is -0.0215. The number of hydrogen-bond acceptors (Lipinski definition) is 4. The first kappa shape index (κ1) is 17.5. The third-order valence-corrected chi connectivity index (χ3v) is 4.58. The van der Waals surface area contributed by atoms with Crippen LogP contribution in [0, 0.1) is 0 Å². The fourth-order valence-corrected chi connectivity index (χ4v) is 3.26. The highest BCUT2D eigenvalue weighted by atomic mass is 32.2. The van der Waals surface area contributed by atoms with Crippen LogP contribution in [0.3, 0.4) is 0 Å². The molecule has 0 aliphatic heterocycles. The van der Waals surface area contributed by atoms with Gasteiger partial charge in [-0.3, -0.25) is 4.79 Å². The summed E-state index contributed by atoms with van der Waals surface area (Å²) in [5, 5.41) is 12.1. The Morgan fingerprint density at radius 3 is 2.65 bits per heavy atom. The van der Waals surface area contributed by atoms with Crippen LogP contribution in [0.25, 0.3) is 0 Å². The highest BCUT2D eigenvalue weighted by Crippen LogP contribution is 2.24. The van der Waals surface area contributed by atoms with E-state index in [0.717, 1.165) is 35.2 Å². The number of nitrogens with zero attached hydrogens (tertiary/aromatic N) is 3. The first-order valence-corrected chi connectivity index (χ1v) is 8.99. The summed E-state index contributed by atoms with van der Waals surface area (Å²) in [5.74, 6) is 1.63. The van der Waals surface area contributed by atoms with E-state index in [-0.39, 0.29) is 5.91 Å². The van der Waals surface area contributed by atoms with Crippen molar-refractivity contribution < 1.29 is 4.79 Å². The van der Waals surface area contributed by atoms with Crippen LogP contribution in [0.1, 0.15) is 45.0 Å². The van der Waals surface area contributed by atoms with Gasteiger partial charge in [-0.1, -0.05) is 50.7 Å². The molecular formula is C17H24N4OS. The monoisotopic (exact) mass is 332 g/mol. The summed E-state index contributed by atoms with van der Waals surface area (Å²) in [6.07, 6.45) is 0.843. The number of hydrogen-bond donors (Lipinski definition) is 1. The summed E-state index contributed by atoms with van der Waals surface area (Å²) in [4.78, 5) is 12.2. The van der Waals surface area contributed by atoms with Crippen LogP contribution < -0.4 is 5.32 Å². The van der Waals surface area contributed by atoms with Crippen LogP contribution >= 0.6 is 11.8 Å². The van der Waals surface area contributed by atoms with Gasteiger partial charge in [0.1, 0.15) is 5.82 Å². The zero-order valence-corrected chi connectivity index (χ0v) is 15.0. The molecule has 0 radical (unpaired) electrons. The lowest BCUT2D eigenvalue weighted by molar-refractivity contribution is -0.113. The number of aryl methyl sites for hydroxylation is 1. The first-order valence-electron chi connectivity index (χ1n) is 8.00. The molecule has 0 saturated carbocycles. The van der Waals surface area contributed by atoms with Crippen LogP contribution in [-0.2, 0) is 17.8 Å². The van der Waals surface area contributed by atoms with E-state index in [2.05, 4.69) is 53.8 Å². The summed E-state index contributed by atoms with van der Waals surface area (Å²) < 4.78 is 2.06. The molecule has 2 rings (SSSR count). The molecule has 0 atom stereocenters.